The Balaban J connectivity index is 1.94. The molecular weight excluding hydrogens is 580 g/mol. The minimum absolute atomic E-state index is 0.139. The van der Waals surface area contributed by atoms with E-state index >= 15 is 0 Å². The van der Waals surface area contributed by atoms with Gasteiger partial charge in [0.1, 0.15) is 0 Å². The van der Waals surface area contributed by atoms with E-state index in [4.69, 9.17) is 0 Å². The quantitative estimate of drug-likeness (QED) is 0.162. The van der Waals surface area contributed by atoms with Gasteiger partial charge in [0.15, 0.2) is 0 Å². The van der Waals surface area contributed by atoms with Crippen molar-refractivity contribution < 1.29 is 0 Å². The molecular formula is C35H52Br2. The number of benzene rings is 2. The van der Waals surface area contributed by atoms with Crippen molar-refractivity contribution >= 4 is 31.9 Å². The topological polar surface area (TPSA) is 0 Å². The normalized spacial score (nSPS) is 15.7. The summed E-state index contributed by atoms with van der Waals surface area (Å²) in [7, 11) is 0. The van der Waals surface area contributed by atoms with Gasteiger partial charge in [-0.25, -0.2) is 0 Å². The minimum atomic E-state index is 0.139. The molecule has 0 saturated carbocycles. The molecule has 1 aliphatic carbocycles. The lowest BCUT2D eigenvalue weighted by molar-refractivity contribution is 0.327. The zero-order valence-electron chi connectivity index (χ0n) is 24.5. The fourth-order valence-corrected chi connectivity index (χ4v) is 7.14. The van der Waals surface area contributed by atoms with Crippen LogP contribution in [0.4, 0.5) is 0 Å². The second-order valence-corrected chi connectivity index (χ2v) is 14.2. The van der Waals surface area contributed by atoms with Crippen LogP contribution in [-0.4, -0.2) is 0 Å². The molecule has 0 amide bonds. The molecule has 0 bridgehead atoms. The third kappa shape index (κ3) is 8.20. The molecule has 1 aliphatic rings. The Bertz CT molecular complexity index is 894. The number of alkyl halides is 2. The van der Waals surface area contributed by atoms with Crippen molar-refractivity contribution in [3.63, 3.8) is 0 Å². The van der Waals surface area contributed by atoms with Crippen LogP contribution in [0.1, 0.15) is 128 Å². The van der Waals surface area contributed by atoms with Crippen LogP contribution in [0.5, 0.6) is 0 Å². The SMILES string of the molecule is CC(C)CCCC(C)CCC1(CCC(C)CCCC(C)C)c2cc(CBr)ccc2-c2ccc(CBr)cc21. The van der Waals surface area contributed by atoms with Crippen LogP contribution in [0.15, 0.2) is 36.4 Å². The highest BCUT2D eigenvalue weighted by Crippen LogP contribution is 2.55. The monoisotopic (exact) mass is 630 g/mol. The lowest BCUT2D eigenvalue weighted by Crippen LogP contribution is -2.27. The Labute approximate surface area is 246 Å². The molecule has 2 aromatic carbocycles. The van der Waals surface area contributed by atoms with E-state index in [2.05, 4.69) is 110 Å². The summed E-state index contributed by atoms with van der Waals surface area (Å²) in [5, 5.41) is 1.85. The van der Waals surface area contributed by atoms with Crippen molar-refractivity contribution in [3.8, 4) is 11.1 Å². The van der Waals surface area contributed by atoms with Gasteiger partial charge in [0.25, 0.3) is 0 Å². The Morgan fingerprint density at radius 1 is 0.568 bits per heavy atom. The van der Waals surface area contributed by atoms with Crippen LogP contribution < -0.4 is 0 Å². The molecule has 0 heterocycles. The van der Waals surface area contributed by atoms with Crippen LogP contribution in [-0.2, 0) is 16.1 Å². The summed E-state index contributed by atoms with van der Waals surface area (Å²) in [6, 6.07) is 14.6. The molecule has 0 fully saturated rings. The summed E-state index contributed by atoms with van der Waals surface area (Å²) in [6.45, 7) is 14.4. The zero-order chi connectivity index (χ0) is 27.0. The first-order valence-electron chi connectivity index (χ1n) is 15.1. The first-order chi connectivity index (χ1) is 17.7. The molecule has 2 heteroatoms. The van der Waals surface area contributed by atoms with Gasteiger partial charge in [-0.05, 0) is 82.7 Å². The van der Waals surface area contributed by atoms with Gasteiger partial charge in [-0.2, -0.15) is 0 Å². The molecule has 2 atom stereocenters. The molecule has 206 valence electrons. The highest BCUT2D eigenvalue weighted by Gasteiger charge is 2.43. The van der Waals surface area contributed by atoms with Crippen LogP contribution in [0.3, 0.4) is 0 Å². The highest BCUT2D eigenvalue weighted by atomic mass is 79.9. The van der Waals surface area contributed by atoms with Crippen molar-refractivity contribution in [2.75, 3.05) is 0 Å². The maximum absolute atomic E-state index is 3.76. The lowest BCUT2D eigenvalue weighted by Gasteiger charge is -2.35. The van der Waals surface area contributed by atoms with E-state index in [1.165, 1.54) is 86.5 Å². The zero-order valence-corrected chi connectivity index (χ0v) is 27.7. The number of rotatable bonds is 16. The van der Waals surface area contributed by atoms with Crippen LogP contribution >= 0.6 is 31.9 Å². The third-order valence-electron chi connectivity index (χ3n) is 8.88. The van der Waals surface area contributed by atoms with Gasteiger partial charge in [0.05, 0.1) is 0 Å². The Morgan fingerprint density at radius 3 is 1.32 bits per heavy atom. The predicted octanol–water partition coefficient (Wildman–Crippen LogP) is 12.2. The van der Waals surface area contributed by atoms with Crippen molar-refractivity contribution in [1.82, 2.24) is 0 Å². The molecule has 0 saturated heterocycles. The van der Waals surface area contributed by atoms with Crippen molar-refractivity contribution in [2.45, 2.75) is 122 Å². The van der Waals surface area contributed by atoms with Crippen LogP contribution in [0, 0.1) is 23.7 Å². The fraction of sp³-hybridized carbons (Fsp3) is 0.657. The number of fused-ring (bicyclic) bond motifs is 3. The second kappa shape index (κ2) is 14.7. The highest BCUT2D eigenvalue weighted by molar-refractivity contribution is 9.08. The van der Waals surface area contributed by atoms with Gasteiger partial charge in [0.2, 0.25) is 0 Å². The molecule has 2 unspecified atom stereocenters. The average Bonchev–Trinajstić information content (AvgIpc) is 3.14. The molecule has 0 N–H and O–H groups in total. The van der Waals surface area contributed by atoms with Gasteiger partial charge in [-0.1, -0.05) is 148 Å². The summed E-state index contributed by atoms with van der Waals surface area (Å²) in [5.74, 6) is 3.19. The summed E-state index contributed by atoms with van der Waals surface area (Å²) >= 11 is 7.52. The Morgan fingerprint density at radius 2 is 0.973 bits per heavy atom. The molecule has 37 heavy (non-hydrogen) atoms. The summed E-state index contributed by atoms with van der Waals surface area (Å²) in [4.78, 5) is 0. The summed E-state index contributed by atoms with van der Waals surface area (Å²) < 4.78 is 0. The lowest BCUT2D eigenvalue weighted by atomic mass is 9.68. The van der Waals surface area contributed by atoms with E-state index in [0.29, 0.717) is 0 Å². The second-order valence-electron chi connectivity index (χ2n) is 13.0. The predicted molar refractivity (Wildman–Crippen MR) is 172 cm³/mol. The first-order valence-corrected chi connectivity index (χ1v) is 17.3. The smallest absolute Gasteiger partial charge is 0.0283 e. The maximum Gasteiger partial charge on any atom is 0.0283 e. The van der Waals surface area contributed by atoms with Crippen LogP contribution in [0.25, 0.3) is 11.1 Å². The largest absolute Gasteiger partial charge is 0.0876 e. The average molecular weight is 633 g/mol. The van der Waals surface area contributed by atoms with Gasteiger partial charge < -0.3 is 0 Å². The minimum Gasteiger partial charge on any atom is -0.0876 e. The van der Waals surface area contributed by atoms with Crippen LogP contribution in [0.2, 0.25) is 0 Å². The number of halogens is 2. The Hall–Kier alpha value is -0.600. The molecule has 0 aromatic heterocycles. The number of hydrogen-bond acceptors (Lipinski definition) is 0. The first kappa shape index (κ1) is 30.9. The third-order valence-corrected chi connectivity index (χ3v) is 10.2. The number of hydrogen-bond donors (Lipinski definition) is 0. The fourth-order valence-electron chi connectivity index (χ4n) is 6.44. The molecule has 0 spiro atoms. The van der Waals surface area contributed by atoms with E-state index in [0.717, 1.165) is 34.3 Å². The molecule has 0 radical (unpaired) electrons. The Kier molecular flexibility index (Phi) is 12.3. The molecule has 2 aromatic rings. The molecule has 0 nitrogen and oxygen atoms in total. The van der Waals surface area contributed by atoms with E-state index < -0.39 is 0 Å². The van der Waals surface area contributed by atoms with Gasteiger partial charge >= 0.3 is 0 Å². The molecule has 0 aliphatic heterocycles. The van der Waals surface area contributed by atoms with Gasteiger partial charge in [0, 0.05) is 16.1 Å². The van der Waals surface area contributed by atoms with E-state index in [1.54, 1.807) is 11.1 Å². The standard InChI is InChI=1S/C35H52Br2/c1-25(2)9-7-11-27(5)17-19-35(20-18-28(6)12-8-10-26(3)4)33-21-29(23-36)13-15-31(33)32-16-14-30(24-37)22-34(32)35/h13-16,21-22,25-28H,7-12,17-20,23-24H2,1-6H3. The van der Waals surface area contributed by atoms with E-state index in [9.17, 15) is 0 Å². The van der Waals surface area contributed by atoms with Crippen molar-refractivity contribution in [3.05, 3.63) is 58.7 Å². The summed E-state index contributed by atoms with van der Waals surface area (Å²) in [5.41, 5.74) is 9.14. The van der Waals surface area contributed by atoms with Crippen molar-refractivity contribution in [1.29, 1.82) is 0 Å². The van der Waals surface area contributed by atoms with Gasteiger partial charge in [-0.3, -0.25) is 0 Å². The van der Waals surface area contributed by atoms with Crippen molar-refractivity contribution in [2.24, 2.45) is 23.7 Å². The summed E-state index contributed by atoms with van der Waals surface area (Å²) in [6.07, 6.45) is 13.4. The van der Waals surface area contributed by atoms with Gasteiger partial charge in [-0.15, -0.1) is 0 Å². The van der Waals surface area contributed by atoms with E-state index in [-0.39, 0.29) is 5.41 Å². The molecule has 3 rings (SSSR count). The maximum atomic E-state index is 3.76. The van der Waals surface area contributed by atoms with E-state index in [1.807, 2.05) is 0 Å².